The molecule has 0 spiro atoms. The van der Waals surface area contributed by atoms with Gasteiger partial charge in [0.05, 0.1) is 0 Å². The molecule has 152 valence electrons. The van der Waals surface area contributed by atoms with Crippen molar-refractivity contribution in [2.75, 3.05) is 0 Å². The molecule has 2 fully saturated rings. The van der Waals surface area contributed by atoms with Gasteiger partial charge < -0.3 is 0 Å². The largest absolute Gasteiger partial charge is 0.422 e. The molecule has 5 heteroatoms. The first-order valence-corrected chi connectivity index (χ1v) is 10.3. The van der Waals surface area contributed by atoms with Crippen LogP contribution in [0.4, 0.5) is 22.0 Å². The molecule has 0 aliphatic heterocycles. The van der Waals surface area contributed by atoms with E-state index in [1.165, 1.54) is 38.5 Å². The summed E-state index contributed by atoms with van der Waals surface area (Å²) in [5, 5.41) is 0. The van der Waals surface area contributed by atoms with Crippen molar-refractivity contribution in [2.24, 2.45) is 23.7 Å². The van der Waals surface area contributed by atoms with E-state index in [-0.39, 0.29) is 0 Å². The number of halogens is 5. The predicted molar refractivity (Wildman–Crippen MR) is 96.3 cm³/mol. The predicted octanol–water partition coefficient (Wildman–Crippen LogP) is 7.55. The van der Waals surface area contributed by atoms with Crippen molar-refractivity contribution in [3.05, 3.63) is 34.9 Å². The molecule has 2 aliphatic rings. The fourth-order valence-electron chi connectivity index (χ4n) is 5.12. The van der Waals surface area contributed by atoms with Crippen LogP contribution < -0.4 is 0 Å². The molecule has 0 saturated heterocycles. The highest BCUT2D eigenvalue weighted by Crippen LogP contribution is 2.42. The van der Waals surface area contributed by atoms with E-state index in [0.29, 0.717) is 17.9 Å². The van der Waals surface area contributed by atoms with Crippen molar-refractivity contribution in [1.82, 2.24) is 0 Å². The van der Waals surface area contributed by atoms with Crippen LogP contribution in [0.5, 0.6) is 0 Å². The van der Waals surface area contributed by atoms with Crippen molar-refractivity contribution in [1.29, 1.82) is 0 Å². The first-order chi connectivity index (χ1) is 12.7. The van der Waals surface area contributed by atoms with E-state index in [1.807, 2.05) is 0 Å². The lowest BCUT2D eigenvalue weighted by Gasteiger charge is -2.37. The molecule has 0 radical (unpaired) electrons. The topological polar surface area (TPSA) is 0 Å². The normalized spacial score (nSPS) is 29.7. The van der Waals surface area contributed by atoms with Gasteiger partial charge in [-0.05, 0) is 79.9 Å². The van der Waals surface area contributed by atoms with Crippen LogP contribution in [-0.2, 0) is 12.6 Å². The zero-order valence-corrected chi connectivity index (χ0v) is 15.9. The van der Waals surface area contributed by atoms with E-state index in [9.17, 15) is 22.0 Å². The average molecular weight is 388 g/mol. The smallest absolute Gasteiger partial charge is 0.206 e. The summed E-state index contributed by atoms with van der Waals surface area (Å²) in [6.07, 6.45) is 6.30. The lowest BCUT2D eigenvalue weighted by atomic mass is 9.69. The van der Waals surface area contributed by atoms with Crippen LogP contribution in [0.3, 0.4) is 0 Å². The summed E-state index contributed by atoms with van der Waals surface area (Å²) in [7, 11) is 0. The third-order valence-corrected chi connectivity index (χ3v) is 6.85. The first-order valence-electron chi connectivity index (χ1n) is 10.3. The molecule has 0 bridgehead atoms. The first kappa shape index (κ1) is 20.6. The van der Waals surface area contributed by atoms with Gasteiger partial charge in [-0.1, -0.05) is 32.6 Å². The van der Waals surface area contributed by atoms with E-state index in [1.54, 1.807) is 0 Å². The molecule has 0 N–H and O–H groups in total. The molecule has 3 rings (SSSR count). The molecule has 0 amide bonds. The fourth-order valence-corrected chi connectivity index (χ4v) is 5.12. The lowest BCUT2D eigenvalue weighted by Crippen LogP contribution is -2.25. The molecule has 0 unspecified atom stereocenters. The van der Waals surface area contributed by atoms with Gasteiger partial charge in [0, 0.05) is 0 Å². The van der Waals surface area contributed by atoms with Crippen LogP contribution in [0.25, 0.3) is 0 Å². The van der Waals surface area contributed by atoms with Crippen LogP contribution in [-0.4, -0.2) is 0 Å². The number of benzene rings is 1. The zero-order chi connectivity index (χ0) is 19.6. The number of aryl methyl sites for hydroxylation is 1. The summed E-state index contributed by atoms with van der Waals surface area (Å²) in [6, 6.07) is 1.70. The maximum Gasteiger partial charge on any atom is 0.422 e. The quantitative estimate of drug-likeness (QED) is 0.467. The van der Waals surface area contributed by atoms with Crippen LogP contribution >= 0.6 is 0 Å². The van der Waals surface area contributed by atoms with Crippen LogP contribution in [0.15, 0.2) is 12.1 Å². The molecule has 1 aromatic rings. The number of rotatable bonds is 4. The Kier molecular flexibility index (Phi) is 6.47. The number of hydrogen-bond acceptors (Lipinski definition) is 0. The van der Waals surface area contributed by atoms with Gasteiger partial charge in [-0.25, -0.2) is 8.78 Å². The molecule has 0 nitrogen and oxygen atoms in total. The molecule has 2 aliphatic carbocycles. The number of hydrogen-bond donors (Lipinski definition) is 0. The lowest BCUT2D eigenvalue weighted by molar-refractivity contribution is -0.142. The van der Waals surface area contributed by atoms with E-state index in [0.717, 1.165) is 49.1 Å². The maximum absolute atomic E-state index is 13.7. The minimum Gasteiger partial charge on any atom is -0.206 e. The van der Waals surface area contributed by atoms with Crippen molar-refractivity contribution < 1.29 is 22.0 Å². The minimum absolute atomic E-state index is 0.321. The molecule has 0 aromatic heterocycles. The molecule has 2 saturated carbocycles. The van der Waals surface area contributed by atoms with E-state index in [2.05, 4.69) is 6.92 Å². The van der Waals surface area contributed by atoms with Crippen molar-refractivity contribution in [3.63, 3.8) is 0 Å². The Labute approximate surface area is 158 Å². The second-order valence-corrected chi connectivity index (χ2v) is 8.77. The van der Waals surface area contributed by atoms with Crippen LogP contribution in [0, 0.1) is 35.3 Å². The SMILES string of the molecule is CC1CCC(C2CCC(CCc3cc(F)c(C(F)(F)F)c(F)c3)CC2)CC1. The van der Waals surface area contributed by atoms with Gasteiger partial charge in [-0.15, -0.1) is 0 Å². The summed E-state index contributed by atoms with van der Waals surface area (Å²) in [5.41, 5.74) is -1.46. The summed E-state index contributed by atoms with van der Waals surface area (Å²) >= 11 is 0. The second-order valence-electron chi connectivity index (χ2n) is 8.77. The van der Waals surface area contributed by atoms with Crippen molar-refractivity contribution in [3.8, 4) is 0 Å². The van der Waals surface area contributed by atoms with Crippen molar-refractivity contribution in [2.45, 2.75) is 77.3 Å². The summed E-state index contributed by atoms with van der Waals surface area (Å²) in [4.78, 5) is 0. The van der Waals surface area contributed by atoms with Gasteiger partial charge in [0.15, 0.2) is 0 Å². The summed E-state index contributed by atoms with van der Waals surface area (Å²) in [6.45, 7) is 2.33. The monoisotopic (exact) mass is 388 g/mol. The fraction of sp³-hybridized carbons (Fsp3) is 0.727. The molecule has 0 atom stereocenters. The van der Waals surface area contributed by atoms with Gasteiger partial charge >= 0.3 is 6.18 Å². The maximum atomic E-state index is 13.7. The number of alkyl halides is 3. The van der Waals surface area contributed by atoms with Gasteiger partial charge in [-0.3, -0.25) is 0 Å². The second kappa shape index (κ2) is 8.48. The summed E-state index contributed by atoms with van der Waals surface area (Å²) < 4.78 is 65.3. The Bertz CT molecular complexity index is 597. The molecule has 1 aromatic carbocycles. The van der Waals surface area contributed by atoms with Gasteiger partial charge in [0.2, 0.25) is 0 Å². The van der Waals surface area contributed by atoms with Gasteiger partial charge in [-0.2, -0.15) is 13.2 Å². The van der Waals surface area contributed by atoms with Gasteiger partial charge in [0.1, 0.15) is 17.2 Å². The van der Waals surface area contributed by atoms with Crippen molar-refractivity contribution >= 4 is 0 Å². The average Bonchev–Trinajstić information content (AvgIpc) is 2.59. The Morgan fingerprint density at radius 3 is 1.78 bits per heavy atom. The third-order valence-electron chi connectivity index (χ3n) is 6.85. The Morgan fingerprint density at radius 2 is 1.30 bits per heavy atom. The molecule has 27 heavy (non-hydrogen) atoms. The minimum atomic E-state index is -5.00. The van der Waals surface area contributed by atoms with Crippen LogP contribution in [0.1, 0.15) is 75.8 Å². The third kappa shape index (κ3) is 5.23. The van der Waals surface area contributed by atoms with E-state index < -0.39 is 23.4 Å². The Balaban J connectivity index is 1.49. The van der Waals surface area contributed by atoms with Crippen LogP contribution in [0.2, 0.25) is 0 Å². The Hall–Kier alpha value is -1.13. The molecular formula is C22H29F5. The highest BCUT2D eigenvalue weighted by Gasteiger charge is 2.38. The highest BCUT2D eigenvalue weighted by atomic mass is 19.4. The molecule has 0 heterocycles. The summed E-state index contributed by atoms with van der Waals surface area (Å²) in [5.74, 6) is 0.0368. The van der Waals surface area contributed by atoms with E-state index >= 15 is 0 Å². The molecular weight excluding hydrogens is 359 g/mol. The Morgan fingerprint density at radius 1 is 0.815 bits per heavy atom. The zero-order valence-electron chi connectivity index (χ0n) is 15.9. The standard InChI is InChI=1S/C22H29F5/c1-14-2-8-17(9-3-14)18-10-6-15(7-11-18)4-5-16-12-19(23)21(20(24)13-16)22(25,26)27/h12-15,17-18H,2-11H2,1H3. The van der Waals surface area contributed by atoms with Gasteiger partial charge in [0.25, 0.3) is 0 Å². The van der Waals surface area contributed by atoms with E-state index in [4.69, 9.17) is 0 Å². The highest BCUT2D eigenvalue weighted by molar-refractivity contribution is 5.28.